The second-order valence-electron chi connectivity index (χ2n) is 10.9. The van der Waals surface area contributed by atoms with Crippen LogP contribution in [0.2, 0.25) is 0 Å². The van der Waals surface area contributed by atoms with Crippen LogP contribution in [0.1, 0.15) is 28.3 Å². The Morgan fingerprint density at radius 1 is 0.957 bits per heavy atom. The molecule has 1 saturated heterocycles. The largest absolute Gasteiger partial charge is 0.493 e. The van der Waals surface area contributed by atoms with E-state index in [1.807, 2.05) is 108 Å². The van der Waals surface area contributed by atoms with Crippen LogP contribution in [0.25, 0.3) is 0 Å². The highest BCUT2D eigenvalue weighted by Gasteiger charge is 2.28. The molecule has 1 unspecified atom stereocenters. The molecule has 4 aromatic carbocycles. The number of morpholine rings is 1. The van der Waals surface area contributed by atoms with Crippen LogP contribution in [0.5, 0.6) is 11.5 Å². The van der Waals surface area contributed by atoms with Crippen molar-refractivity contribution < 1.29 is 24.2 Å². The fourth-order valence-electron chi connectivity index (χ4n) is 5.45. The lowest BCUT2D eigenvalue weighted by atomic mass is 10.0. The molecule has 0 radical (unpaired) electrons. The summed E-state index contributed by atoms with van der Waals surface area (Å²) in [5.41, 5.74) is 12.5. The van der Waals surface area contributed by atoms with Crippen molar-refractivity contribution in [2.75, 3.05) is 51.5 Å². The van der Waals surface area contributed by atoms with Crippen LogP contribution in [0.4, 0.5) is 5.69 Å². The maximum absolute atomic E-state index is 13.2. The molecule has 0 aromatic heterocycles. The molecule has 1 atom stereocenters. The van der Waals surface area contributed by atoms with Crippen molar-refractivity contribution in [2.24, 2.45) is 10.7 Å². The smallest absolute Gasteiger partial charge is 0.244 e. The number of anilines is 1. The Labute approximate surface area is 270 Å². The number of hydrogen-bond donors (Lipinski definition) is 3. The van der Waals surface area contributed by atoms with Gasteiger partial charge in [0.25, 0.3) is 0 Å². The second-order valence-corrected chi connectivity index (χ2v) is 10.9. The van der Waals surface area contributed by atoms with Gasteiger partial charge in [-0.1, -0.05) is 66.7 Å². The number of benzene rings is 4. The van der Waals surface area contributed by atoms with Gasteiger partial charge in [-0.05, 0) is 53.1 Å². The summed E-state index contributed by atoms with van der Waals surface area (Å²) in [7, 11) is 1.58. The molecule has 1 aliphatic heterocycles. The number of nitrogens with zero attached hydrogens (tertiary/aromatic N) is 3. The number of primary amides is 1. The first kappa shape index (κ1) is 32.5. The average Bonchev–Trinajstić information content (AvgIpc) is 3.10. The topological polar surface area (TPSA) is 122 Å². The Morgan fingerprint density at radius 2 is 1.63 bits per heavy atom. The molecule has 0 spiro atoms. The van der Waals surface area contributed by atoms with E-state index in [1.54, 1.807) is 7.11 Å². The van der Waals surface area contributed by atoms with E-state index < -0.39 is 11.9 Å². The van der Waals surface area contributed by atoms with E-state index in [2.05, 4.69) is 15.4 Å². The molecule has 0 aliphatic carbocycles. The van der Waals surface area contributed by atoms with Crippen molar-refractivity contribution in [3.8, 4) is 11.5 Å². The fourth-order valence-corrected chi connectivity index (χ4v) is 5.45. The van der Waals surface area contributed by atoms with Crippen LogP contribution in [0, 0.1) is 0 Å². The summed E-state index contributed by atoms with van der Waals surface area (Å²) in [5.74, 6) is 0.949. The van der Waals surface area contributed by atoms with Gasteiger partial charge in [0.05, 0.1) is 26.9 Å². The number of hydroxylamine groups is 1. The lowest BCUT2D eigenvalue weighted by Crippen LogP contribution is -2.38. The number of rotatable bonds is 14. The fraction of sp³-hybridized carbons (Fsp3) is 0.278. The maximum Gasteiger partial charge on any atom is 0.244 e. The molecule has 1 aliphatic rings. The first-order chi connectivity index (χ1) is 22.6. The average molecular weight is 624 g/mol. The monoisotopic (exact) mass is 623 g/mol. The van der Waals surface area contributed by atoms with Crippen molar-refractivity contribution in [3.05, 3.63) is 125 Å². The van der Waals surface area contributed by atoms with Gasteiger partial charge in [-0.15, -0.1) is 0 Å². The zero-order valence-corrected chi connectivity index (χ0v) is 26.0. The van der Waals surface area contributed by atoms with E-state index in [0.29, 0.717) is 48.2 Å². The first-order valence-corrected chi connectivity index (χ1v) is 15.4. The summed E-state index contributed by atoms with van der Waals surface area (Å²) >= 11 is 0. The third-order valence-electron chi connectivity index (χ3n) is 7.89. The van der Waals surface area contributed by atoms with Crippen molar-refractivity contribution >= 4 is 17.4 Å². The molecule has 240 valence electrons. The van der Waals surface area contributed by atoms with Crippen LogP contribution in [0.15, 0.2) is 108 Å². The Kier molecular flexibility index (Phi) is 11.6. The Bertz CT molecular complexity index is 1560. The van der Waals surface area contributed by atoms with Crippen molar-refractivity contribution in [1.82, 2.24) is 10.4 Å². The minimum absolute atomic E-state index is 0.338. The molecule has 5 rings (SSSR count). The number of nitrogens with two attached hydrogens (primary N) is 1. The number of carbonyl (C=O) groups excluding carboxylic acids is 1. The number of nitrogens with one attached hydrogen (secondary N) is 1. The zero-order chi connectivity index (χ0) is 32.1. The molecule has 0 bridgehead atoms. The van der Waals surface area contributed by atoms with Gasteiger partial charge in [0.2, 0.25) is 5.91 Å². The first-order valence-electron chi connectivity index (χ1n) is 15.4. The van der Waals surface area contributed by atoms with Gasteiger partial charge in [-0.25, -0.2) is 0 Å². The van der Waals surface area contributed by atoms with Crippen molar-refractivity contribution in [2.45, 2.75) is 19.1 Å². The van der Waals surface area contributed by atoms with Crippen LogP contribution < -0.4 is 25.6 Å². The molecule has 1 fully saturated rings. The lowest BCUT2D eigenvalue weighted by Gasteiger charge is -2.33. The Balaban J connectivity index is 1.40. The SMILES string of the molecule is COc1cc(C(C(N)=O)N(Cc2ccccc2)c2ccc(C(=NCc3ccccc3)NO)cc2)ccc1OCCN1CCOCC1. The number of carbonyl (C=O) groups is 1. The number of amidine groups is 1. The molecule has 0 saturated carbocycles. The van der Waals surface area contributed by atoms with Gasteiger partial charge in [0.1, 0.15) is 12.6 Å². The molecule has 1 amide bonds. The standard InChI is InChI=1S/C36H41N5O5/c1-44-33-24-30(14-17-32(33)46-23-20-40-18-21-45-22-19-40)34(35(37)42)41(26-28-10-6-3-7-11-28)31-15-12-29(13-16-31)36(39-43)38-25-27-8-4-2-5-9-27/h2-17,24,34,43H,18-23,25-26H2,1H3,(H2,37,42)(H,38,39). The Hall–Kier alpha value is -4.90. The van der Waals surface area contributed by atoms with E-state index in [4.69, 9.17) is 19.9 Å². The normalized spacial score (nSPS) is 14.3. The molecular weight excluding hydrogens is 582 g/mol. The van der Waals surface area contributed by atoms with Crippen molar-refractivity contribution in [3.63, 3.8) is 0 Å². The summed E-state index contributed by atoms with van der Waals surface area (Å²) < 4.78 is 17.2. The number of aliphatic imine (C=N–C) groups is 1. The predicted molar refractivity (Wildman–Crippen MR) is 178 cm³/mol. The lowest BCUT2D eigenvalue weighted by molar-refractivity contribution is -0.119. The minimum atomic E-state index is -0.815. The molecule has 10 nitrogen and oxygen atoms in total. The number of ether oxygens (including phenoxy) is 3. The quantitative estimate of drug-likeness (QED) is 0.106. The third kappa shape index (κ3) is 8.63. The van der Waals surface area contributed by atoms with Crippen LogP contribution in [0.3, 0.4) is 0 Å². The highest BCUT2D eigenvalue weighted by atomic mass is 16.5. The zero-order valence-electron chi connectivity index (χ0n) is 26.0. The van der Waals surface area contributed by atoms with Gasteiger partial charge in [-0.3, -0.25) is 25.4 Å². The Morgan fingerprint density at radius 3 is 2.26 bits per heavy atom. The summed E-state index contributed by atoms with van der Waals surface area (Å²) in [6.45, 7) is 5.34. The van der Waals surface area contributed by atoms with E-state index in [0.717, 1.165) is 49.7 Å². The molecule has 4 aromatic rings. The van der Waals surface area contributed by atoms with Gasteiger partial charge in [0.15, 0.2) is 17.3 Å². The van der Waals surface area contributed by atoms with Gasteiger partial charge < -0.3 is 24.8 Å². The van der Waals surface area contributed by atoms with Gasteiger partial charge in [-0.2, -0.15) is 0 Å². The van der Waals surface area contributed by atoms with Crippen molar-refractivity contribution in [1.29, 1.82) is 0 Å². The molecule has 4 N–H and O–H groups in total. The minimum Gasteiger partial charge on any atom is -0.493 e. The van der Waals surface area contributed by atoms with Gasteiger partial charge >= 0.3 is 0 Å². The highest BCUT2D eigenvalue weighted by Crippen LogP contribution is 2.35. The highest BCUT2D eigenvalue weighted by molar-refractivity contribution is 5.98. The molecule has 1 heterocycles. The molecular formula is C36H41N5O5. The molecule has 10 heteroatoms. The van der Waals surface area contributed by atoms with Gasteiger partial charge in [0, 0.05) is 37.4 Å². The maximum atomic E-state index is 13.2. The predicted octanol–water partition coefficient (Wildman–Crippen LogP) is 4.57. The van der Waals surface area contributed by atoms with Crippen LogP contribution in [-0.2, 0) is 22.6 Å². The van der Waals surface area contributed by atoms with E-state index in [1.165, 1.54) is 0 Å². The van der Waals surface area contributed by atoms with Crippen LogP contribution >= 0.6 is 0 Å². The van der Waals surface area contributed by atoms with Crippen LogP contribution in [-0.4, -0.2) is 68.4 Å². The van der Waals surface area contributed by atoms with E-state index >= 15 is 0 Å². The number of hydrogen-bond acceptors (Lipinski definition) is 8. The summed E-state index contributed by atoms with van der Waals surface area (Å²) in [5, 5.41) is 9.85. The van der Waals surface area contributed by atoms with E-state index in [9.17, 15) is 10.0 Å². The third-order valence-corrected chi connectivity index (χ3v) is 7.89. The number of amides is 1. The summed E-state index contributed by atoms with van der Waals surface area (Å²) in [6, 6.07) is 31.9. The molecule has 46 heavy (non-hydrogen) atoms. The number of methoxy groups -OCH3 is 1. The summed E-state index contributed by atoms with van der Waals surface area (Å²) in [4.78, 5) is 22.0. The second kappa shape index (κ2) is 16.4. The van der Waals surface area contributed by atoms with E-state index in [-0.39, 0.29) is 0 Å². The summed E-state index contributed by atoms with van der Waals surface area (Å²) in [6.07, 6.45) is 0.